The van der Waals surface area contributed by atoms with Crippen molar-refractivity contribution < 1.29 is 4.79 Å². The van der Waals surface area contributed by atoms with Crippen LogP contribution in [-0.2, 0) is 6.54 Å². The van der Waals surface area contributed by atoms with Crippen molar-refractivity contribution in [3.63, 3.8) is 0 Å². The Hall–Kier alpha value is -3.25. The molecule has 4 rings (SSSR count). The molecule has 0 bridgehead atoms. The van der Waals surface area contributed by atoms with Crippen molar-refractivity contribution in [3.8, 4) is 11.4 Å². The lowest BCUT2D eigenvalue weighted by Gasteiger charge is -2.14. The van der Waals surface area contributed by atoms with Gasteiger partial charge in [0.05, 0.1) is 11.8 Å². The fourth-order valence-corrected chi connectivity index (χ4v) is 4.26. The lowest BCUT2D eigenvalue weighted by Crippen LogP contribution is -2.15. The van der Waals surface area contributed by atoms with Crippen molar-refractivity contribution in [1.29, 1.82) is 0 Å². The minimum atomic E-state index is -0.289. The van der Waals surface area contributed by atoms with Gasteiger partial charge in [-0.3, -0.25) is 14.3 Å². The number of benzene rings is 2. The second kappa shape index (κ2) is 9.27. The first-order chi connectivity index (χ1) is 15.0. The highest BCUT2D eigenvalue weighted by molar-refractivity contribution is 8.00. The third-order valence-corrected chi connectivity index (χ3v) is 6.34. The Morgan fingerprint density at radius 2 is 1.81 bits per heavy atom. The van der Waals surface area contributed by atoms with Crippen molar-refractivity contribution in [1.82, 2.24) is 19.7 Å². The van der Waals surface area contributed by atoms with Crippen LogP contribution < -0.4 is 0 Å². The molecule has 4 aromatic rings. The zero-order valence-corrected chi connectivity index (χ0v) is 18.6. The number of pyridine rings is 1. The summed E-state index contributed by atoms with van der Waals surface area (Å²) in [4.78, 5) is 17.3. The molecule has 0 saturated heterocycles. The van der Waals surface area contributed by atoms with E-state index < -0.39 is 0 Å². The Morgan fingerprint density at radius 1 is 1.00 bits per heavy atom. The van der Waals surface area contributed by atoms with Crippen molar-refractivity contribution in [2.45, 2.75) is 37.7 Å². The van der Waals surface area contributed by atoms with Crippen LogP contribution in [0, 0.1) is 13.8 Å². The average Bonchev–Trinajstić information content (AvgIpc) is 3.18. The third kappa shape index (κ3) is 4.75. The Labute approximate surface area is 186 Å². The molecule has 0 aliphatic heterocycles. The van der Waals surface area contributed by atoms with Crippen LogP contribution in [0.3, 0.4) is 0 Å². The van der Waals surface area contributed by atoms with Gasteiger partial charge in [0.15, 0.2) is 16.8 Å². The maximum Gasteiger partial charge on any atom is 0.192 e. The van der Waals surface area contributed by atoms with Crippen molar-refractivity contribution >= 4 is 17.5 Å². The summed E-state index contributed by atoms with van der Waals surface area (Å²) in [7, 11) is 0. The van der Waals surface area contributed by atoms with E-state index in [1.807, 2.05) is 69.3 Å². The van der Waals surface area contributed by atoms with Gasteiger partial charge in [-0.25, -0.2) is 0 Å². The predicted octanol–water partition coefficient (Wildman–Crippen LogP) is 5.37. The van der Waals surface area contributed by atoms with Crippen LogP contribution in [0.5, 0.6) is 0 Å². The molecule has 0 unspecified atom stereocenters. The van der Waals surface area contributed by atoms with Crippen LogP contribution in [0.25, 0.3) is 11.4 Å². The lowest BCUT2D eigenvalue weighted by molar-refractivity contribution is 0.0993. The predicted molar refractivity (Wildman–Crippen MR) is 124 cm³/mol. The molecule has 0 spiro atoms. The highest BCUT2D eigenvalue weighted by Crippen LogP contribution is 2.29. The van der Waals surface area contributed by atoms with E-state index in [1.165, 1.54) is 17.3 Å². The standard InChI is InChI=1S/C25H24N4OS/c1-17-11-12-21(14-18(17)2)23(30)19(3)31-25-28-27-24(22-10-7-13-26-15-22)29(25)16-20-8-5-4-6-9-20/h4-15,19H,16H2,1-3H3/t19-/m1/s1. The van der Waals surface area contributed by atoms with Crippen molar-refractivity contribution in [2.24, 2.45) is 0 Å². The van der Waals surface area contributed by atoms with Crippen molar-refractivity contribution in [3.05, 3.63) is 95.3 Å². The fraction of sp³-hybridized carbons (Fsp3) is 0.200. The zero-order valence-electron chi connectivity index (χ0n) is 17.8. The van der Waals surface area contributed by atoms with Crippen LogP contribution in [0.1, 0.15) is 34.0 Å². The first-order valence-electron chi connectivity index (χ1n) is 10.2. The fourth-order valence-electron chi connectivity index (χ4n) is 3.33. The summed E-state index contributed by atoms with van der Waals surface area (Å²) in [6.07, 6.45) is 3.52. The summed E-state index contributed by atoms with van der Waals surface area (Å²) in [5, 5.41) is 9.29. The van der Waals surface area contributed by atoms with Crippen LogP contribution >= 0.6 is 11.8 Å². The molecule has 2 aromatic heterocycles. The Kier molecular flexibility index (Phi) is 6.28. The normalized spacial score (nSPS) is 12.0. The summed E-state index contributed by atoms with van der Waals surface area (Å²) < 4.78 is 2.06. The second-order valence-electron chi connectivity index (χ2n) is 7.54. The van der Waals surface area contributed by atoms with E-state index in [1.54, 1.807) is 12.4 Å². The number of aromatic nitrogens is 4. The van der Waals surface area contributed by atoms with Gasteiger partial charge in [0.2, 0.25) is 0 Å². The zero-order chi connectivity index (χ0) is 21.8. The number of carbonyl (C=O) groups is 1. The number of nitrogens with zero attached hydrogens (tertiary/aromatic N) is 4. The maximum atomic E-state index is 13.1. The molecule has 0 amide bonds. The van der Waals surface area contributed by atoms with Gasteiger partial charge in [0.1, 0.15) is 0 Å². The molecular weight excluding hydrogens is 404 g/mol. The first-order valence-corrected chi connectivity index (χ1v) is 11.1. The second-order valence-corrected chi connectivity index (χ2v) is 8.85. The van der Waals surface area contributed by atoms with Crippen LogP contribution in [0.2, 0.25) is 0 Å². The minimum Gasteiger partial charge on any atom is -0.297 e. The van der Waals surface area contributed by atoms with Gasteiger partial charge in [-0.1, -0.05) is 54.2 Å². The molecule has 0 saturated carbocycles. The number of carbonyl (C=O) groups excluding carboxylic acids is 1. The SMILES string of the molecule is Cc1ccc(C(=O)[C@@H](C)Sc2nnc(-c3cccnc3)n2Cc2ccccc2)cc1C. The maximum absolute atomic E-state index is 13.1. The summed E-state index contributed by atoms with van der Waals surface area (Å²) in [5.74, 6) is 0.829. The molecule has 0 radical (unpaired) electrons. The monoisotopic (exact) mass is 428 g/mol. The molecule has 0 aliphatic rings. The number of hydrogen-bond acceptors (Lipinski definition) is 5. The number of ketones is 1. The molecule has 2 heterocycles. The molecule has 1 atom stereocenters. The largest absolute Gasteiger partial charge is 0.297 e. The summed E-state index contributed by atoms with van der Waals surface area (Å²) in [6.45, 7) is 6.62. The smallest absolute Gasteiger partial charge is 0.192 e. The van der Waals surface area contributed by atoms with E-state index in [9.17, 15) is 4.79 Å². The topological polar surface area (TPSA) is 60.7 Å². The molecular formula is C25H24N4OS. The Balaban J connectivity index is 1.65. The van der Waals surface area contributed by atoms with E-state index >= 15 is 0 Å². The van der Waals surface area contributed by atoms with Gasteiger partial charge < -0.3 is 0 Å². The van der Waals surface area contributed by atoms with Gasteiger partial charge in [-0.05, 0) is 55.7 Å². The summed E-state index contributed by atoms with van der Waals surface area (Å²) in [5.41, 5.74) is 5.06. The summed E-state index contributed by atoms with van der Waals surface area (Å²) in [6, 6.07) is 19.9. The number of thioether (sulfide) groups is 1. The molecule has 0 aliphatic carbocycles. The van der Waals surface area contributed by atoms with Crippen molar-refractivity contribution in [2.75, 3.05) is 0 Å². The van der Waals surface area contributed by atoms with Crippen LogP contribution in [-0.4, -0.2) is 30.8 Å². The van der Waals surface area contributed by atoms with E-state index in [0.717, 1.165) is 28.1 Å². The van der Waals surface area contributed by atoms with E-state index in [0.29, 0.717) is 11.7 Å². The molecule has 156 valence electrons. The van der Waals surface area contributed by atoms with Gasteiger partial charge in [0, 0.05) is 23.5 Å². The van der Waals surface area contributed by atoms with Crippen LogP contribution in [0.15, 0.2) is 78.2 Å². The average molecular weight is 429 g/mol. The lowest BCUT2D eigenvalue weighted by atomic mass is 10.0. The van der Waals surface area contributed by atoms with Crippen LogP contribution in [0.4, 0.5) is 0 Å². The molecule has 2 aromatic carbocycles. The van der Waals surface area contributed by atoms with E-state index in [4.69, 9.17) is 0 Å². The highest BCUT2D eigenvalue weighted by atomic mass is 32.2. The molecule has 31 heavy (non-hydrogen) atoms. The molecule has 5 nitrogen and oxygen atoms in total. The number of Topliss-reactive ketones (excluding diaryl/α,β-unsaturated/α-hetero) is 1. The first kappa shape index (κ1) is 21.0. The molecule has 0 N–H and O–H groups in total. The van der Waals surface area contributed by atoms with Gasteiger partial charge in [-0.15, -0.1) is 10.2 Å². The van der Waals surface area contributed by atoms with E-state index in [-0.39, 0.29) is 11.0 Å². The van der Waals surface area contributed by atoms with E-state index in [2.05, 4.69) is 31.9 Å². The highest BCUT2D eigenvalue weighted by Gasteiger charge is 2.22. The molecule has 0 fully saturated rings. The number of aryl methyl sites for hydroxylation is 2. The quantitative estimate of drug-likeness (QED) is 0.293. The summed E-state index contributed by atoms with van der Waals surface area (Å²) >= 11 is 1.44. The third-order valence-electron chi connectivity index (χ3n) is 5.26. The number of hydrogen-bond donors (Lipinski definition) is 0. The number of rotatable bonds is 7. The Morgan fingerprint density at radius 3 is 2.52 bits per heavy atom. The minimum absolute atomic E-state index is 0.0882. The molecule has 6 heteroatoms. The Bertz CT molecular complexity index is 1190. The van der Waals surface area contributed by atoms with Gasteiger partial charge in [-0.2, -0.15) is 0 Å². The van der Waals surface area contributed by atoms with Gasteiger partial charge in [0.25, 0.3) is 0 Å². The van der Waals surface area contributed by atoms with Gasteiger partial charge >= 0.3 is 0 Å².